The number of aromatic hydroxyl groups is 1. The lowest BCUT2D eigenvalue weighted by atomic mass is 10.1. The van der Waals surface area contributed by atoms with Gasteiger partial charge in [-0.05, 0) is 24.1 Å². The normalized spacial score (nSPS) is 10.8. The Hall–Kier alpha value is -1.22. The van der Waals surface area contributed by atoms with Crippen LogP contribution in [0.5, 0.6) is 5.75 Å². The first kappa shape index (κ1) is 8.38. The molecule has 2 nitrogen and oxygen atoms in total. The quantitative estimate of drug-likeness (QED) is 0.684. The summed E-state index contributed by atoms with van der Waals surface area (Å²) in [5, 5.41) is 12.3. The summed E-state index contributed by atoms with van der Waals surface area (Å²) in [6.07, 6.45) is 0.895. The van der Waals surface area contributed by atoms with Crippen LogP contribution in [-0.4, -0.2) is 5.11 Å². The molecule has 68 valence electrons. The van der Waals surface area contributed by atoms with Gasteiger partial charge in [0.05, 0.1) is 0 Å². The van der Waals surface area contributed by atoms with Crippen molar-refractivity contribution < 1.29 is 5.11 Å². The summed E-state index contributed by atoms with van der Waals surface area (Å²) in [6, 6.07) is 3.83. The SMILES string of the molecule is CCc1cc(N)cc2scc(O)c12. The van der Waals surface area contributed by atoms with Gasteiger partial charge in [0.1, 0.15) is 5.75 Å². The minimum Gasteiger partial charge on any atom is -0.506 e. The van der Waals surface area contributed by atoms with Gasteiger partial charge in [-0.1, -0.05) is 6.92 Å². The molecular weight excluding hydrogens is 182 g/mol. The minimum absolute atomic E-state index is 0.372. The van der Waals surface area contributed by atoms with Crippen LogP contribution in [0.15, 0.2) is 17.5 Å². The van der Waals surface area contributed by atoms with Crippen molar-refractivity contribution in [3.8, 4) is 5.75 Å². The Kier molecular flexibility index (Phi) is 1.88. The zero-order chi connectivity index (χ0) is 9.42. The molecule has 0 radical (unpaired) electrons. The second-order valence-electron chi connectivity index (χ2n) is 3.03. The van der Waals surface area contributed by atoms with Crippen LogP contribution < -0.4 is 5.73 Å². The van der Waals surface area contributed by atoms with Gasteiger partial charge in [0.25, 0.3) is 0 Å². The lowest BCUT2D eigenvalue weighted by Crippen LogP contribution is -1.88. The fourth-order valence-electron chi connectivity index (χ4n) is 1.54. The Morgan fingerprint density at radius 1 is 1.46 bits per heavy atom. The lowest BCUT2D eigenvalue weighted by Gasteiger charge is -2.02. The first-order chi connectivity index (χ1) is 6.22. The Labute approximate surface area is 80.6 Å². The van der Waals surface area contributed by atoms with Crippen LogP contribution in [0.25, 0.3) is 10.1 Å². The maximum Gasteiger partial charge on any atom is 0.134 e. The summed E-state index contributed by atoms with van der Waals surface area (Å²) in [5.74, 6) is 0.372. The lowest BCUT2D eigenvalue weighted by molar-refractivity contribution is 0.483. The molecule has 0 aliphatic rings. The summed E-state index contributed by atoms with van der Waals surface area (Å²) in [6.45, 7) is 2.06. The Morgan fingerprint density at radius 3 is 2.92 bits per heavy atom. The van der Waals surface area contributed by atoms with Gasteiger partial charge in [-0.15, -0.1) is 11.3 Å². The van der Waals surface area contributed by atoms with Crippen molar-refractivity contribution >= 4 is 27.1 Å². The molecule has 1 aromatic heterocycles. The van der Waals surface area contributed by atoms with Gasteiger partial charge in [-0.3, -0.25) is 0 Å². The second-order valence-corrected chi connectivity index (χ2v) is 3.94. The molecule has 0 aliphatic heterocycles. The molecule has 0 saturated carbocycles. The average Bonchev–Trinajstić information content (AvgIpc) is 2.46. The van der Waals surface area contributed by atoms with Gasteiger partial charge in [0.15, 0.2) is 0 Å². The molecule has 1 aromatic carbocycles. The molecule has 0 atom stereocenters. The highest BCUT2D eigenvalue weighted by molar-refractivity contribution is 7.17. The standard InChI is InChI=1S/C10H11NOS/c1-2-6-3-7(11)4-9-10(6)8(12)5-13-9/h3-5,12H,2,11H2,1H3. The number of nitrogen functional groups attached to an aromatic ring is 1. The molecule has 13 heavy (non-hydrogen) atoms. The largest absolute Gasteiger partial charge is 0.506 e. The van der Waals surface area contributed by atoms with Crippen LogP contribution in [0.4, 0.5) is 5.69 Å². The molecule has 0 spiro atoms. The van der Waals surface area contributed by atoms with Gasteiger partial charge in [-0.25, -0.2) is 0 Å². The number of aryl methyl sites for hydroxylation is 1. The van der Waals surface area contributed by atoms with E-state index in [0.29, 0.717) is 5.75 Å². The van der Waals surface area contributed by atoms with Crippen molar-refractivity contribution in [3.63, 3.8) is 0 Å². The number of hydrogen-bond donors (Lipinski definition) is 2. The zero-order valence-corrected chi connectivity index (χ0v) is 8.19. The van der Waals surface area contributed by atoms with E-state index in [4.69, 9.17) is 5.73 Å². The van der Waals surface area contributed by atoms with Gasteiger partial charge in [0.2, 0.25) is 0 Å². The summed E-state index contributed by atoms with van der Waals surface area (Å²) >= 11 is 1.53. The van der Waals surface area contributed by atoms with E-state index in [0.717, 1.165) is 27.8 Å². The maximum absolute atomic E-state index is 9.58. The predicted octanol–water partition coefficient (Wildman–Crippen LogP) is 2.75. The van der Waals surface area contributed by atoms with E-state index in [1.165, 1.54) is 11.3 Å². The molecule has 0 bridgehead atoms. The Balaban J connectivity index is 2.85. The zero-order valence-electron chi connectivity index (χ0n) is 7.37. The first-order valence-corrected chi connectivity index (χ1v) is 5.09. The number of thiophene rings is 1. The molecule has 1 heterocycles. The molecule has 0 aliphatic carbocycles. The predicted molar refractivity (Wildman–Crippen MR) is 57.3 cm³/mol. The second kappa shape index (κ2) is 2.92. The topological polar surface area (TPSA) is 46.2 Å². The van der Waals surface area contributed by atoms with Crippen LogP contribution >= 0.6 is 11.3 Å². The van der Waals surface area contributed by atoms with Crippen LogP contribution in [0, 0.1) is 0 Å². The number of hydrogen-bond acceptors (Lipinski definition) is 3. The molecule has 0 unspecified atom stereocenters. The van der Waals surface area contributed by atoms with Crippen molar-refractivity contribution in [2.24, 2.45) is 0 Å². The molecule has 3 heteroatoms. The van der Waals surface area contributed by atoms with Crippen molar-refractivity contribution in [3.05, 3.63) is 23.1 Å². The van der Waals surface area contributed by atoms with Crippen molar-refractivity contribution in [1.29, 1.82) is 0 Å². The third-order valence-corrected chi connectivity index (χ3v) is 3.06. The third-order valence-electron chi connectivity index (χ3n) is 2.14. The van der Waals surface area contributed by atoms with Gasteiger partial charge < -0.3 is 10.8 Å². The highest BCUT2D eigenvalue weighted by atomic mass is 32.1. The maximum atomic E-state index is 9.58. The van der Waals surface area contributed by atoms with Crippen LogP contribution in [-0.2, 0) is 6.42 Å². The summed E-state index contributed by atoms with van der Waals surface area (Å²) in [7, 11) is 0. The van der Waals surface area contributed by atoms with E-state index in [2.05, 4.69) is 6.92 Å². The summed E-state index contributed by atoms with van der Waals surface area (Å²) in [4.78, 5) is 0. The van der Waals surface area contributed by atoms with E-state index in [9.17, 15) is 5.11 Å². The smallest absolute Gasteiger partial charge is 0.134 e. The van der Waals surface area contributed by atoms with E-state index < -0.39 is 0 Å². The summed E-state index contributed by atoms with van der Waals surface area (Å²) < 4.78 is 1.06. The van der Waals surface area contributed by atoms with Gasteiger partial charge >= 0.3 is 0 Å². The van der Waals surface area contributed by atoms with Crippen molar-refractivity contribution in [2.75, 3.05) is 5.73 Å². The number of nitrogens with two attached hydrogens (primary N) is 1. The highest BCUT2D eigenvalue weighted by Gasteiger charge is 2.07. The Bertz CT molecular complexity index is 447. The van der Waals surface area contributed by atoms with E-state index in [1.54, 1.807) is 5.38 Å². The van der Waals surface area contributed by atoms with E-state index >= 15 is 0 Å². The number of anilines is 1. The molecule has 2 aromatic rings. The van der Waals surface area contributed by atoms with Crippen molar-refractivity contribution in [1.82, 2.24) is 0 Å². The molecule has 0 fully saturated rings. The van der Waals surface area contributed by atoms with Crippen LogP contribution in [0.3, 0.4) is 0 Å². The average molecular weight is 193 g/mol. The molecule has 3 N–H and O–H groups in total. The molecule has 0 saturated heterocycles. The van der Waals surface area contributed by atoms with Crippen molar-refractivity contribution in [2.45, 2.75) is 13.3 Å². The fraction of sp³-hybridized carbons (Fsp3) is 0.200. The molecule has 2 rings (SSSR count). The number of benzene rings is 1. The van der Waals surface area contributed by atoms with Gasteiger partial charge in [-0.2, -0.15) is 0 Å². The monoisotopic (exact) mass is 193 g/mol. The minimum atomic E-state index is 0.372. The van der Waals surface area contributed by atoms with E-state index in [1.807, 2.05) is 12.1 Å². The van der Waals surface area contributed by atoms with Gasteiger partial charge in [0, 0.05) is 21.2 Å². The molecule has 0 amide bonds. The Morgan fingerprint density at radius 2 is 2.23 bits per heavy atom. The fourth-order valence-corrected chi connectivity index (χ4v) is 2.45. The van der Waals surface area contributed by atoms with Crippen LogP contribution in [0.1, 0.15) is 12.5 Å². The summed E-state index contributed by atoms with van der Waals surface area (Å²) in [5.41, 5.74) is 7.62. The number of rotatable bonds is 1. The third kappa shape index (κ3) is 1.25. The highest BCUT2D eigenvalue weighted by Crippen LogP contribution is 2.35. The van der Waals surface area contributed by atoms with Crippen LogP contribution in [0.2, 0.25) is 0 Å². The molecular formula is C10H11NOS. The number of fused-ring (bicyclic) bond motifs is 1. The van der Waals surface area contributed by atoms with E-state index in [-0.39, 0.29) is 0 Å². The first-order valence-electron chi connectivity index (χ1n) is 4.21.